The van der Waals surface area contributed by atoms with Crippen LogP contribution in [0, 0.1) is 0 Å². The smallest absolute Gasteiger partial charge is 0.263 e. The number of nitrogens with one attached hydrogen (secondary N) is 1. The molecule has 2 rings (SSSR count). The number of fused-ring (bicyclic) bond motifs is 1. The van der Waals surface area contributed by atoms with Gasteiger partial charge in [-0.15, -0.1) is 0 Å². The monoisotopic (exact) mass is 190 g/mol. The minimum absolute atomic E-state index is 0.160. The summed E-state index contributed by atoms with van der Waals surface area (Å²) in [5.41, 5.74) is 2.26. The van der Waals surface area contributed by atoms with E-state index < -0.39 is 0 Å². The second-order valence-corrected chi connectivity index (χ2v) is 3.01. The number of ketones is 1. The Hall–Kier alpha value is -1.84. The molecule has 0 spiro atoms. The summed E-state index contributed by atoms with van der Waals surface area (Å²) in [5.74, 6) is 0.000427. The van der Waals surface area contributed by atoms with Crippen LogP contribution in [0.3, 0.4) is 0 Å². The van der Waals surface area contributed by atoms with Crippen LogP contribution < -0.4 is 5.32 Å². The summed E-state index contributed by atoms with van der Waals surface area (Å²) in [6.07, 6.45) is 0. The first-order valence-corrected chi connectivity index (χ1v) is 4.30. The lowest BCUT2D eigenvalue weighted by molar-refractivity contribution is 0.0983. The first-order valence-electron chi connectivity index (χ1n) is 4.30. The number of carbonyl (C=O) groups is 1. The highest BCUT2D eigenvalue weighted by Crippen LogP contribution is 2.19. The standard InChI is InChI=1S/C10H10N2O2/c1-6(13)10-12-8-4-3-7(11-2)5-9(8)14-10/h3-5,11H,1-2H3. The van der Waals surface area contributed by atoms with Crippen LogP contribution in [0.4, 0.5) is 5.69 Å². The number of hydrogen-bond acceptors (Lipinski definition) is 4. The van der Waals surface area contributed by atoms with Crippen molar-refractivity contribution in [2.24, 2.45) is 0 Å². The lowest BCUT2D eigenvalue weighted by Gasteiger charge is -1.96. The second-order valence-electron chi connectivity index (χ2n) is 3.01. The predicted molar refractivity (Wildman–Crippen MR) is 53.6 cm³/mol. The Bertz CT molecular complexity index is 488. The van der Waals surface area contributed by atoms with Crippen molar-refractivity contribution in [3.63, 3.8) is 0 Å². The van der Waals surface area contributed by atoms with Crippen molar-refractivity contribution < 1.29 is 9.21 Å². The SMILES string of the molecule is CNc1ccc2nc(C(C)=O)oc2c1. The van der Waals surface area contributed by atoms with Crippen LogP contribution in [0.5, 0.6) is 0 Å². The number of hydrogen-bond donors (Lipinski definition) is 1. The van der Waals surface area contributed by atoms with Gasteiger partial charge in [-0.05, 0) is 12.1 Å². The Morgan fingerprint density at radius 1 is 1.50 bits per heavy atom. The molecule has 1 aromatic carbocycles. The third kappa shape index (κ3) is 1.35. The number of benzene rings is 1. The van der Waals surface area contributed by atoms with Crippen LogP contribution in [0.25, 0.3) is 11.1 Å². The van der Waals surface area contributed by atoms with Crippen LogP contribution in [-0.4, -0.2) is 17.8 Å². The zero-order chi connectivity index (χ0) is 10.1. The largest absolute Gasteiger partial charge is 0.434 e. The number of rotatable bonds is 2. The summed E-state index contributed by atoms with van der Waals surface area (Å²) in [6, 6.07) is 5.51. The van der Waals surface area contributed by atoms with Gasteiger partial charge in [-0.3, -0.25) is 4.79 Å². The maximum Gasteiger partial charge on any atom is 0.263 e. The third-order valence-electron chi connectivity index (χ3n) is 1.98. The number of oxazole rings is 1. The molecule has 0 radical (unpaired) electrons. The van der Waals surface area contributed by atoms with E-state index in [-0.39, 0.29) is 11.7 Å². The number of carbonyl (C=O) groups excluding carboxylic acids is 1. The molecule has 0 aliphatic rings. The molecule has 1 N–H and O–H groups in total. The Labute approximate surface area is 80.9 Å². The van der Waals surface area contributed by atoms with Crippen molar-refractivity contribution in [2.75, 3.05) is 12.4 Å². The van der Waals surface area contributed by atoms with E-state index in [9.17, 15) is 4.79 Å². The molecule has 0 aliphatic heterocycles. The second kappa shape index (κ2) is 3.14. The number of Topliss-reactive ketones (excluding diaryl/α,β-unsaturated/α-hetero) is 1. The molecule has 1 aromatic heterocycles. The molecule has 4 nitrogen and oxygen atoms in total. The summed E-state index contributed by atoms with van der Waals surface area (Å²) >= 11 is 0. The van der Waals surface area contributed by atoms with Crippen molar-refractivity contribution >= 4 is 22.6 Å². The van der Waals surface area contributed by atoms with Crippen LogP contribution in [0.15, 0.2) is 22.6 Å². The van der Waals surface area contributed by atoms with Gasteiger partial charge in [0.25, 0.3) is 5.89 Å². The van der Waals surface area contributed by atoms with Gasteiger partial charge < -0.3 is 9.73 Å². The molecule has 1 heterocycles. The summed E-state index contributed by atoms with van der Waals surface area (Å²) in [4.78, 5) is 15.0. The minimum Gasteiger partial charge on any atom is -0.434 e. The molecule has 0 amide bonds. The quantitative estimate of drug-likeness (QED) is 0.736. The lowest BCUT2D eigenvalue weighted by atomic mass is 10.3. The maximum absolute atomic E-state index is 11.0. The molecule has 0 bridgehead atoms. The van der Waals surface area contributed by atoms with E-state index in [2.05, 4.69) is 10.3 Å². The Morgan fingerprint density at radius 2 is 2.29 bits per heavy atom. The van der Waals surface area contributed by atoms with Crippen molar-refractivity contribution in [2.45, 2.75) is 6.92 Å². The molecule has 72 valence electrons. The van der Waals surface area contributed by atoms with Crippen LogP contribution in [0.2, 0.25) is 0 Å². The van der Waals surface area contributed by atoms with Gasteiger partial charge in [0.15, 0.2) is 5.58 Å². The average Bonchev–Trinajstić information content (AvgIpc) is 2.59. The molecule has 0 saturated carbocycles. The minimum atomic E-state index is -0.160. The van der Waals surface area contributed by atoms with Crippen molar-refractivity contribution in [3.8, 4) is 0 Å². The molecule has 4 heteroatoms. The van der Waals surface area contributed by atoms with Crippen molar-refractivity contribution in [1.29, 1.82) is 0 Å². The summed E-state index contributed by atoms with van der Waals surface area (Å²) in [5, 5.41) is 2.98. The van der Waals surface area contributed by atoms with Gasteiger partial charge >= 0.3 is 0 Å². The first kappa shape index (κ1) is 8.74. The van der Waals surface area contributed by atoms with Gasteiger partial charge in [-0.1, -0.05) is 0 Å². The fraction of sp³-hybridized carbons (Fsp3) is 0.200. The summed E-state index contributed by atoms with van der Waals surface area (Å²) < 4.78 is 5.27. The van der Waals surface area contributed by atoms with E-state index in [1.807, 2.05) is 25.2 Å². The first-order chi connectivity index (χ1) is 6.70. The molecule has 0 unspecified atom stereocenters. The van der Waals surface area contributed by atoms with Crippen molar-refractivity contribution in [1.82, 2.24) is 4.98 Å². The molecule has 0 atom stereocenters. The van der Waals surface area contributed by atoms with Crippen LogP contribution in [-0.2, 0) is 0 Å². The number of nitrogens with zero attached hydrogens (tertiary/aromatic N) is 1. The summed E-state index contributed by atoms with van der Waals surface area (Å²) in [7, 11) is 1.82. The topological polar surface area (TPSA) is 55.1 Å². The lowest BCUT2D eigenvalue weighted by Crippen LogP contribution is -1.89. The zero-order valence-corrected chi connectivity index (χ0v) is 8.00. The highest BCUT2D eigenvalue weighted by atomic mass is 16.4. The van der Waals surface area contributed by atoms with E-state index in [4.69, 9.17) is 4.42 Å². The Balaban J connectivity index is 2.60. The van der Waals surface area contributed by atoms with Gasteiger partial charge in [0.05, 0.1) is 0 Å². The van der Waals surface area contributed by atoms with Gasteiger partial charge in [0.1, 0.15) is 5.52 Å². The molecule has 14 heavy (non-hydrogen) atoms. The van der Waals surface area contributed by atoms with Crippen LogP contribution >= 0.6 is 0 Å². The third-order valence-corrected chi connectivity index (χ3v) is 1.98. The van der Waals surface area contributed by atoms with Gasteiger partial charge in [0.2, 0.25) is 5.78 Å². The van der Waals surface area contributed by atoms with Gasteiger partial charge in [0, 0.05) is 25.7 Å². The number of anilines is 1. The van der Waals surface area contributed by atoms with Gasteiger partial charge in [-0.25, -0.2) is 4.98 Å². The van der Waals surface area contributed by atoms with E-state index in [0.717, 1.165) is 5.69 Å². The predicted octanol–water partition coefficient (Wildman–Crippen LogP) is 2.07. The summed E-state index contributed by atoms with van der Waals surface area (Å²) in [6.45, 7) is 1.43. The zero-order valence-electron chi connectivity index (χ0n) is 8.00. The maximum atomic E-state index is 11.0. The Morgan fingerprint density at radius 3 is 2.93 bits per heavy atom. The molecular weight excluding hydrogens is 180 g/mol. The number of aromatic nitrogens is 1. The molecular formula is C10H10N2O2. The molecule has 0 aliphatic carbocycles. The molecule has 0 saturated heterocycles. The highest BCUT2D eigenvalue weighted by Gasteiger charge is 2.09. The van der Waals surface area contributed by atoms with Crippen molar-refractivity contribution in [3.05, 3.63) is 24.1 Å². The fourth-order valence-electron chi connectivity index (χ4n) is 1.23. The normalized spacial score (nSPS) is 10.4. The van der Waals surface area contributed by atoms with E-state index in [0.29, 0.717) is 11.1 Å². The highest BCUT2D eigenvalue weighted by molar-refractivity contribution is 5.92. The molecule has 2 aromatic rings. The average molecular weight is 190 g/mol. The van der Waals surface area contributed by atoms with E-state index in [1.54, 1.807) is 0 Å². The van der Waals surface area contributed by atoms with Crippen LogP contribution in [0.1, 0.15) is 17.6 Å². The molecule has 0 fully saturated rings. The van der Waals surface area contributed by atoms with E-state index in [1.165, 1.54) is 6.92 Å². The van der Waals surface area contributed by atoms with E-state index >= 15 is 0 Å². The van der Waals surface area contributed by atoms with Gasteiger partial charge in [-0.2, -0.15) is 0 Å². The fourth-order valence-corrected chi connectivity index (χ4v) is 1.23. The Kier molecular flexibility index (Phi) is 1.96.